The van der Waals surface area contributed by atoms with Gasteiger partial charge in [0.1, 0.15) is 0 Å². The van der Waals surface area contributed by atoms with E-state index in [1.165, 1.54) is 32.8 Å². The zero-order valence-electron chi connectivity index (χ0n) is 12.2. The molecule has 1 atom stereocenters. The predicted molar refractivity (Wildman–Crippen MR) is 74.7 cm³/mol. The topological polar surface area (TPSA) is 90.9 Å². The highest BCUT2D eigenvalue weighted by atomic mass is 16.5. The lowest BCUT2D eigenvalue weighted by Gasteiger charge is -2.24. The van der Waals surface area contributed by atoms with Crippen LogP contribution in [0.2, 0.25) is 0 Å². The molecule has 7 nitrogen and oxygen atoms in total. The van der Waals surface area contributed by atoms with Crippen LogP contribution in [0.15, 0.2) is 0 Å². The zero-order chi connectivity index (χ0) is 15.0. The van der Waals surface area contributed by atoms with E-state index < -0.39 is 12.1 Å². The molecule has 0 aromatic heterocycles. The van der Waals surface area contributed by atoms with E-state index in [9.17, 15) is 9.59 Å². The van der Waals surface area contributed by atoms with Gasteiger partial charge >= 0.3 is 12.0 Å². The number of urea groups is 1. The summed E-state index contributed by atoms with van der Waals surface area (Å²) < 4.78 is 4.72. The van der Waals surface area contributed by atoms with Crippen molar-refractivity contribution < 1.29 is 19.4 Å². The van der Waals surface area contributed by atoms with Crippen LogP contribution in [0, 0.1) is 0 Å². The van der Waals surface area contributed by atoms with Crippen molar-refractivity contribution in [1.29, 1.82) is 0 Å². The van der Waals surface area contributed by atoms with E-state index in [1.54, 1.807) is 0 Å². The smallest absolute Gasteiger partial charge is 0.334 e. The Bertz CT molecular complexity index is 319. The van der Waals surface area contributed by atoms with Crippen LogP contribution in [-0.2, 0) is 9.53 Å². The third kappa shape index (κ3) is 5.75. The van der Waals surface area contributed by atoms with Crippen molar-refractivity contribution in [3.05, 3.63) is 0 Å². The van der Waals surface area contributed by atoms with Gasteiger partial charge in [-0.25, -0.2) is 9.59 Å². The minimum atomic E-state index is -1.09. The first-order valence-electron chi connectivity index (χ1n) is 7.02. The molecule has 0 radical (unpaired) electrons. The first-order valence-corrected chi connectivity index (χ1v) is 7.02. The molecule has 1 saturated carbocycles. The van der Waals surface area contributed by atoms with Crippen LogP contribution in [0.1, 0.15) is 25.7 Å². The third-order valence-electron chi connectivity index (χ3n) is 3.71. The molecule has 0 bridgehead atoms. The van der Waals surface area contributed by atoms with Gasteiger partial charge in [-0.2, -0.15) is 0 Å². The van der Waals surface area contributed by atoms with Crippen LogP contribution in [0.5, 0.6) is 0 Å². The molecule has 1 unspecified atom stereocenters. The first kappa shape index (κ1) is 16.7. The van der Waals surface area contributed by atoms with Crippen LogP contribution >= 0.6 is 0 Å². The Balaban J connectivity index is 2.11. The van der Waals surface area contributed by atoms with Gasteiger partial charge in [0.15, 0.2) is 6.10 Å². The summed E-state index contributed by atoms with van der Waals surface area (Å²) in [6, 6.07) is 0.262. The minimum Gasteiger partial charge on any atom is -0.479 e. The Kier molecular flexibility index (Phi) is 7.32. The number of carbonyl (C=O) groups excluding carboxylic acids is 1. The molecule has 20 heavy (non-hydrogen) atoms. The van der Waals surface area contributed by atoms with E-state index in [0.29, 0.717) is 12.6 Å². The lowest BCUT2D eigenvalue weighted by molar-refractivity contribution is -0.147. The zero-order valence-corrected chi connectivity index (χ0v) is 12.2. The second kappa shape index (κ2) is 8.76. The van der Waals surface area contributed by atoms with Crippen LogP contribution in [-0.4, -0.2) is 67.9 Å². The number of ether oxygens (including phenoxy) is 1. The van der Waals surface area contributed by atoms with Crippen molar-refractivity contribution in [3.63, 3.8) is 0 Å². The highest BCUT2D eigenvalue weighted by Crippen LogP contribution is 2.21. The second-order valence-corrected chi connectivity index (χ2v) is 5.12. The fourth-order valence-corrected chi connectivity index (χ4v) is 2.39. The summed E-state index contributed by atoms with van der Waals surface area (Å²) >= 11 is 0. The number of carbonyl (C=O) groups is 2. The van der Waals surface area contributed by atoms with Crippen LogP contribution in [0.3, 0.4) is 0 Å². The Morgan fingerprint density at radius 2 is 2.00 bits per heavy atom. The van der Waals surface area contributed by atoms with E-state index >= 15 is 0 Å². The fourth-order valence-electron chi connectivity index (χ4n) is 2.39. The molecule has 0 heterocycles. The molecule has 0 spiro atoms. The number of amides is 2. The van der Waals surface area contributed by atoms with Crippen LogP contribution < -0.4 is 10.6 Å². The van der Waals surface area contributed by atoms with Crippen molar-refractivity contribution in [2.45, 2.75) is 37.8 Å². The second-order valence-electron chi connectivity index (χ2n) is 5.12. The van der Waals surface area contributed by atoms with Crippen molar-refractivity contribution in [2.24, 2.45) is 0 Å². The van der Waals surface area contributed by atoms with E-state index in [0.717, 1.165) is 6.54 Å². The number of hydrogen-bond acceptors (Lipinski definition) is 4. The molecule has 1 rings (SSSR count). The van der Waals surface area contributed by atoms with E-state index in [-0.39, 0.29) is 12.6 Å². The molecule has 0 saturated heterocycles. The molecule has 0 aliphatic heterocycles. The molecule has 0 aromatic rings. The number of likely N-dealkylation sites (N-methyl/N-ethyl adjacent to an activating group) is 1. The van der Waals surface area contributed by atoms with Gasteiger partial charge in [-0.1, -0.05) is 12.8 Å². The number of carboxylic acids is 1. The number of aliphatic carboxylic acids is 1. The predicted octanol–water partition coefficient (Wildman–Crippen LogP) is 0.260. The average Bonchev–Trinajstić information content (AvgIpc) is 2.92. The number of methoxy groups -OCH3 is 1. The maximum atomic E-state index is 11.5. The first-order chi connectivity index (χ1) is 9.54. The SMILES string of the molecule is COC(CNC(=O)NCCN(C)C1CCCC1)C(=O)O. The van der Waals surface area contributed by atoms with Gasteiger partial charge in [0.2, 0.25) is 0 Å². The molecule has 116 valence electrons. The molecule has 1 aliphatic rings. The van der Waals surface area contributed by atoms with Gasteiger partial charge in [-0.05, 0) is 19.9 Å². The Labute approximate surface area is 119 Å². The van der Waals surface area contributed by atoms with Gasteiger partial charge in [-0.3, -0.25) is 0 Å². The van der Waals surface area contributed by atoms with Gasteiger partial charge in [-0.15, -0.1) is 0 Å². The van der Waals surface area contributed by atoms with E-state index in [4.69, 9.17) is 9.84 Å². The van der Waals surface area contributed by atoms with Crippen molar-refractivity contribution in [1.82, 2.24) is 15.5 Å². The molecular formula is C13H25N3O4. The normalized spacial score (nSPS) is 17.1. The highest BCUT2D eigenvalue weighted by Gasteiger charge is 2.19. The maximum Gasteiger partial charge on any atom is 0.334 e. The molecule has 3 N–H and O–H groups in total. The van der Waals surface area contributed by atoms with Crippen molar-refractivity contribution in [2.75, 3.05) is 33.8 Å². The minimum absolute atomic E-state index is 0.0455. The monoisotopic (exact) mass is 287 g/mol. The Morgan fingerprint density at radius 1 is 1.35 bits per heavy atom. The van der Waals surface area contributed by atoms with E-state index in [1.807, 2.05) is 0 Å². The van der Waals surface area contributed by atoms with Gasteiger partial charge in [0.05, 0.1) is 6.54 Å². The number of nitrogens with zero attached hydrogens (tertiary/aromatic N) is 1. The summed E-state index contributed by atoms with van der Waals surface area (Å²) in [6.45, 7) is 1.30. The van der Waals surface area contributed by atoms with Crippen molar-refractivity contribution in [3.8, 4) is 0 Å². The maximum absolute atomic E-state index is 11.5. The Morgan fingerprint density at radius 3 is 2.55 bits per heavy atom. The molecule has 7 heteroatoms. The van der Waals surface area contributed by atoms with Gasteiger partial charge < -0.3 is 25.4 Å². The van der Waals surface area contributed by atoms with Gasteiger partial charge in [0.25, 0.3) is 0 Å². The number of hydrogen-bond donors (Lipinski definition) is 3. The van der Waals surface area contributed by atoms with Crippen LogP contribution in [0.4, 0.5) is 4.79 Å². The average molecular weight is 287 g/mol. The molecule has 1 aliphatic carbocycles. The lowest BCUT2D eigenvalue weighted by atomic mass is 10.2. The number of rotatable bonds is 8. The quantitative estimate of drug-likeness (QED) is 0.596. The van der Waals surface area contributed by atoms with Gasteiger partial charge in [0, 0.05) is 26.2 Å². The summed E-state index contributed by atoms with van der Waals surface area (Å²) in [7, 11) is 3.37. The summed E-state index contributed by atoms with van der Waals surface area (Å²) in [6.07, 6.45) is 4.03. The summed E-state index contributed by atoms with van der Waals surface area (Å²) in [5.41, 5.74) is 0. The Hall–Kier alpha value is -1.34. The van der Waals surface area contributed by atoms with E-state index in [2.05, 4.69) is 22.6 Å². The molecule has 2 amide bonds. The lowest BCUT2D eigenvalue weighted by Crippen LogP contribution is -2.45. The summed E-state index contributed by atoms with van der Waals surface area (Å²) in [5, 5.41) is 14.0. The fraction of sp³-hybridized carbons (Fsp3) is 0.846. The molecule has 1 fully saturated rings. The number of nitrogens with one attached hydrogen (secondary N) is 2. The molecular weight excluding hydrogens is 262 g/mol. The van der Waals surface area contributed by atoms with Crippen molar-refractivity contribution >= 4 is 12.0 Å². The number of carboxylic acid groups (broad SMARTS) is 1. The van der Waals surface area contributed by atoms with Crippen LogP contribution in [0.25, 0.3) is 0 Å². The largest absolute Gasteiger partial charge is 0.479 e. The summed E-state index contributed by atoms with van der Waals surface area (Å²) in [4.78, 5) is 24.5. The third-order valence-corrected chi connectivity index (χ3v) is 3.71. The standard InChI is InChI=1S/C13H25N3O4/c1-16(10-5-3-4-6-10)8-7-14-13(19)15-9-11(20-2)12(17)18/h10-11H,3-9H2,1-2H3,(H,17,18)(H2,14,15,19). The summed E-state index contributed by atoms with van der Waals surface area (Å²) in [5.74, 6) is -1.09. The molecule has 0 aromatic carbocycles. The highest BCUT2D eigenvalue weighted by molar-refractivity contribution is 5.76.